The first-order valence-electron chi connectivity index (χ1n) is 4.77. The maximum absolute atomic E-state index is 10.9. The maximum Gasteiger partial charge on any atom is 0.335 e. The molecule has 0 heterocycles. The molecule has 16 heavy (non-hydrogen) atoms. The van der Waals surface area contributed by atoms with Gasteiger partial charge in [-0.2, -0.15) is 0 Å². The number of allylic oxidation sites excluding steroid dienone is 2. The Morgan fingerprint density at radius 1 is 1.25 bits per heavy atom. The number of aromatic carboxylic acids is 2. The van der Waals surface area contributed by atoms with Crippen LogP contribution in [0.25, 0.3) is 0 Å². The van der Waals surface area contributed by atoms with Crippen LogP contribution in [0.5, 0.6) is 0 Å². The van der Waals surface area contributed by atoms with Gasteiger partial charge in [0.25, 0.3) is 0 Å². The number of hydrogen-bond donors (Lipinski definition) is 2. The molecule has 0 radical (unpaired) electrons. The van der Waals surface area contributed by atoms with E-state index in [-0.39, 0.29) is 11.1 Å². The van der Waals surface area contributed by atoms with Gasteiger partial charge >= 0.3 is 11.9 Å². The van der Waals surface area contributed by atoms with Crippen LogP contribution in [0.4, 0.5) is 0 Å². The summed E-state index contributed by atoms with van der Waals surface area (Å²) in [7, 11) is 0. The fourth-order valence-electron chi connectivity index (χ4n) is 1.35. The van der Waals surface area contributed by atoms with Crippen molar-refractivity contribution >= 4 is 11.9 Å². The molecule has 0 fully saturated rings. The van der Waals surface area contributed by atoms with Crippen LogP contribution in [0, 0.1) is 0 Å². The third kappa shape index (κ3) is 2.70. The summed E-state index contributed by atoms with van der Waals surface area (Å²) in [5.74, 6) is -2.10. The van der Waals surface area contributed by atoms with E-state index in [0.717, 1.165) is 0 Å². The summed E-state index contributed by atoms with van der Waals surface area (Å²) in [6, 6.07) is 4.02. The first-order chi connectivity index (χ1) is 7.56. The quantitative estimate of drug-likeness (QED) is 0.763. The number of carboxylic acids is 2. The highest BCUT2D eigenvalue weighted by Gasteiger charge is 2.12. The van der Waals surface area contributed by atoms with Crippen molar-refractivity contribution in [3.8, 4) is 0 Å². The second-order valence-electron chi connectivity index (χ2n) is 3.26. The fourth-order valence-corrected chi connectivity index (χ4v) is 1.35. The molecule has 84 valence electrons. The topological polar surface area (TPSA) is 74.6 Å². The van der Waals surface area contributed by atoms with Crippen LogP contribution in [0.2, 0.25) is 0 Å². The summed E-state index contributed by atoms with van der Waals surface area (Å²) in [5.41, 5.74) is 0.748. The Bertz CT molecular complexity index is 446. The Kier molecular flexibility index (Phi) is 3.83. The van der Waals surface area contributed by atoms with Gasteiger partial charge < -0.3 is 10.2 Å². The molecule has 0 spiro atoms. The van der Waals surface area contributed by atoms with Crippen LogP contribution >= 0.6 is 0 Å². The van der Waals surface area contributed by atoms with E-state index < -0.39 is 11.9 Å². The van der Waals surface area contributed by atoms with Gasteiger partial charge in [-0.15, -0.1) is 0 Å². The minimum Gasteiger partial charge on any atom is -0.478 e. The Hall–Kier alpha value is -2.10. The molecule has 1 rings (SSSR count). The van der Waals surface area contributed by atoms with Gasteiger partial charge in [0.05, 0.1) is 11.1 Å². The van der Waals surface area contributed by atoms with Crippen LogP contribution in [0.1, 0.15) is 33.2 Å². The number of rotatable bonds is 4. The highest BCUT2D eigenvalue weighted by molar-refractivity contribution is 5.93. The predicted octanol–water partition coefficient (Wildman–Crippen LogP) is 2.20. The number of hydrogen-bond acceptors (Lipinski definition) is 2. The van der Waals surface area contributed by atoms with E-state index in [9.17, 15) is 9.59 Å². The van der Waals surface area contributed by atoms with Crippen LogP contribution in [-0.4, -0.2) is 22.2 Å². The Morgan fingerprint density at radius 3 is 2.44 bits per heavy atom. The first kappa shape index (κ1) is 12.0. The van der Waals surface area contributed by atoms with Crippen molar-refractivity contribution in [2.24, 2.45) is 0 Å². The second kappa shape index (κ2) is 5.11. The van der Waals surface area contributed by atoms with E-state index in [1.165, 1.54) is 18.2 Å². The van der Waals surface area contributed by atoms with Gasteiger partial charge in [-0.25, -0.2) is 9.59 Å². The zero-order valence-electron chi connectivity index (χ0n) is 8.80. The highest BCUT2D eigenvalue weighted by atomic mass is 16.4. The molecule has 0 aromatic heterocycles. The van der Waals surface area contributed by atoms with Crippen molar-refractivity contribution < 1.29 is 19.8 Å². The Morgan fingerprint density at radius 2 is 1.94 bits per heavy atom. The van der Waals surface area contributed by atoms with Gasteiger partial charge in [0.15, 0.2) is 0 Å². The Balaban J connectivity index is 3.20. The molecule has 0 saturated heterocycles. The largest absolute Gasteiger partial charge is 0.478 e. The van der Waals surface area contributed by atoms with Crippen molar-refractivity contribution in [1.29, 1.82) is 0 Å². The zero-order valence-corrected chi connectivity index (χ0v) is 8.80. The average Bonchev–Trinajstić information content (AvgIpc) is 2.25. The third-order valence-corrected chi connectivity index (χ3v) is 2.16. The second-order valence-corrected chi connectivity index (χ2v) is 3.26. The molecule has 0 aliphatic rings. The number of carbonyl (C=O) groups is 2. The van der Waals surface area contributed by atoms with Gasteiger partial charge in [-0.3, -0.25) is 0 Å². The summed E-state index contributed by atoms with van der Waals surface area (Å²) in [6.45, 7) is 1.82. The van der Waals surface area contributed by atoms with Gasteiger partial charge in [0, 0.05) is 0 Å². The van der Waals surface area contributed by atoms with E-state index in [4.69, 9.17) is 10.2 Å². The van der Waals surface area contributed by atoms with Crippen LogP contribution in [0.15, 0.2) is 30.4 Å². The monoisotopic (exact) mass is 220 g/mol. The summed E-state index contributed by atoms with van der Waals surface area (Å²) >= 11 is 0. The van der Waals surface area contributed by atoms with Crippen molar-refractivity contribution in [3.05, 3.63) is 47.0 Å². The minimum absolute atomic E-state index is 0.101. The minimum atomic E-state index is -1.06. The highest BCUT2D eigenvalue weighted by Crippen LogP contribution is 2.14. The lowest BCUT2D eigenvalue weighted by molar-refractivity contribution is 0.0680. The van der Waals surface area contributed by atoms with Gasteiger partial charge in [-0.1, -0.05) is 12.2 Å². The predicted molar refractivity (Wildman–Crippen MR) is 58.9 cm³/mol. The molecule has 4 heteroatoms. The van der Waals surface area contributed by atoms with E-state index in [0.29, 0.717) is 12.0 Å². The van der Waals surface area contributed by atoms with E-state index in [1.807, 2.05) is 6.92 Å². The lowest BCUT2D eigenvalue weighted by Crippen LogP contribution is -2.05. The molecular weight excluding hydrogens is 208 g/mol. The third-order valence-electron chi connectivity index (χ3n) is 2.16. The lowest BCUT2D eigenvalue weighted by Gasteiger charge is -2.04. The van der Waals surface area contributed by atoms with Crippen LogP contribution in [-0.2, 0) is 6.42 Å². The number of carboxylic acid groups (broad SMARTS) is 2. The van der Waals surface area contributed by atoms with E-state index in [2.05, 4.69) is 0 Å². The first-order valence-corrected chi connectivity index (χ1v) is 4.77. The molecular formula is C12H12O4. The zero-order chi connectivity index (χ0) is 12.1. The molecule has 0 amide bonds. The summed E-state index contributed by atoms with van der Waals surface area (Å²) < 4.78 is 0. The average molecular weight is 220 g/mol. The molecule has 0 atom stereocenters. The molecule has 4 nitrogen and oxygen atoms in total. The summed E-state index contributed by atoms with van der Waals surface area (Å²) in [4.78, 5) is 21.6. The maximum atomic E-state index is 10.9. The fraction of sp³-hybridized carbons (Fsp3) is 0.167. The normalized spacial score (nSPS) is 10.6. The van der Waals surface area contributed by atoms with E-state index in [1.54, 1.807) is 12.2 Å². The molecule has 0 unspecified atom stereocenters. The SMILES string of the molecule is CC=CCc1cc(C(=O)O)ccc1C(=O)O. The van der Waals surface area contributed by atoms with E-state index >= 15 is 0 Å². The molecule has 1 aromatic rings. The molecule has 0 saturated carbocycles. The number of benzene rings is 1. The van der Waals surface area contributed by atoms with Crippen molar-refractivity contribution in [3.63, 3.8) is 0 Å². The molecule has 2 N–H and O–H groups in total. The van der Waals surface area contributed by atoms with Crippen molar-refractivity contribution in [2.45, 2.75) is 13.3 Å². The van der Waals surface area contributed by atoms with Gasteiger partial charge in [0.1, 0.15) is 0 Å². The van der Waals surface area contributed by atoms with Crippen LogP contribution in [0.3, 0.4) is 0 Å². The van der Waals surface area contributed by atoms with Crippen molar-refractivity contribution in [1.82, 2.24) is 0 Å². The summed E-state index contributed by atoms with van der Waals surface area (Å²) in [5, 5.41) is 17.7. The smallest absolute Gasteiger partial charge is 0.335 e. The summed E-state index contributed by atoms with van der Waals surface area (Å²) in [6.07, 6.45) is 3.99. The van der Waals surface area contributed by atoms with Crippen LogP contribution < -0.4 is 0 Å². The van der Waals surface area contributed by atoms with Crippen molar-refractivity contribution in [2.75, 3.05) is 0 Å². The molecule has 0 aliphatic heterocycles. The lowest BCUT2D eigenvalue weighted by atomic mass is 10.0. The standard InChI is InChI=1S/C12H12O4/c1-2-3-4-8-7-9(11(13)14)5-6-10(8)12(15)16/h2-3,5-7H,4H2,1H3,(H,13,14)(H,15,16). The molecule has 1 aromatic carbocycles. The molecule has 0 bridgehead atoms. The Labute approximate surface area is 92.8 Å². The molecule has 0 aliphatic carbocycles. The van der Waals surface area contributed by atoms with Gasteiger partial charge in [-0.05, 0) is 37.1 Å². The van der Waals surface area contributed by atoms with Gasteiger partial charge in [0.2, 0.25) is 0 Å².